The predicted octanol–water partition coefficient (Wildman–Crippen LogP) is 2.42. The summed E-state index contributed by atoms with van der Waals surface area (Å²) in [7, 11) is 3.60. The van der Waals surface area contributed by atoms with Crippen LogP contribution in [-0.2, 0) is 9.47 Å². The molecule has 2 radical (unpaired) electrons. The Labute approximate surface area is 215 Å². The van der Waals surface area contributed by atoms with Gasteiger partial charge in [0.05, 0.1) is 17.2 Å². The van der Waals surface area contributed by atoms with Crippen molar-refractivity contribution in [3.8, 4) is 0 Å². The summed E-state index contributed by atoms with van der Waals surface area (Å²) in [5.74, 6) is -0.889. The third kappa shape index (κ3) is 6.37. The molecule has 2 aliphatic heterocycles. The van der Waals surface area contributed by atoms with Crippen LogP contribution in [0.15, 0.2) is 24.3 Å². The molecule has 3 N–H and O–H groups in total. The summed E-state index contributed by atoms with van der Waals surface area (Å²) in [6.45, 7) is 8.23. The number of nitrogens with zero attached hydrogens (tertiary/aromatic N) is 1. The van der Waals surface area contributed by atoms with Gasteiger partial charge in [0.1, 0.15) is 20.6 Å². The zero-order valence-corrected chi connectivity index (χ0v) is 22.5. The Kier molecular flexibility index (Phi) is 9.02. The highest BCUT2D eigenvalue weighted by Gasteiger charge is 2.47. The Morgan fingerprint density at radius 2 is 1.78 bits per heavy atom. The normalized spacial score (nSPS) is 24.2. The lowest BCUT2D eigenvalue weighted by Gasteiger charge is -2.38. The zero-order valence-electron chi connectivity index (χ0n) is 21.5. The van der Waals surface area contributed by atoms with Gasteiger partial charge in [-0.2, -0.15) is 0 Å². The average molecular weight is 516 g/mol. The van der Waals surface area contributed by atoms with Crippen LogP contribution in [0.1, 0.15) is 60.2 Å². The molecule has 0 spiro atoms. The van der Waals surface area contributed by atoms with Gasteiger partial charge in [0.15, 0.2) is 8.32 Å². The number of alkyl carbamates (subject to hydrolysis) is 1. The maximum absolute atomic E-state index is 12.4. The number of imide groups is 1. The van der Waals surface area contributed by atoms with E-state index in [2.05, 4.69) is 5.32 Å². The minimum atomic E-state index is -2.48. The minimum absolute atomic E-state index is 0.128. The number of benzene rings is 1. The van der Waals surface area contributed by atoms with Crippen LogP contribution in [0.25, 0.3) is 0 Å². The number of unbranched alkanes of at least 4 members (excludes halogenated alkanes) is 2. The lowest BCUT2D eigenvalue weighted by molar-refractivity contribution is -0.0114. The molecule has 2 heterocycles. The van der Waals surface area contributed by atoms with E-state index in [1.54, 1.807) is 24.3 Å². The van der Waals surface area contributed by atoms with Gasteiger partial charge in [-0.1, -0.05) is 26.0 Å². The Morgan fingerprint density at radius 1 is 1.17 bits per heavy atom. The zero-order chi connectivity index (χ0) is 26.7. The highest BCUT2D eigenvalue weighted by Crippen LogP contribution is 2.45. The van der Waals surface area contributed by atoms with Gasteiger partial charge in [-0.15, -0.1) is 0 Å². The number of carbonyl (C=O) groups excluding carboxylic acids is 3. The molecule has 3 amide bonds. The molecule has 1 fully saturated rings. The van der Waals surface area contributed by atoms with Crippen LogP contribution in [0.2, 0.25) is 18.1 Å². The molecule has 0 aliphatic carbocycles. The summed E-state index contributed by atoms with van der Waals surface area (Å²) >= 11 is 0. The summed E-state index contributed by atoms with van der Waals surface area (Å²) in [4.78, 5) is 48.6. The Bertz CT molecular complexity index is 933. The summed E-state index contributed by atoms with van der Waals surface area (Å²) in [6.07, 6.45) is 0.272. The van der Waals surface area contributed by atoms with Crippen molar-refractivity contribution in [1.29, 1.82) is 0 Å². The first-order chi connectivity index (χ1) is 16.8. The fourth-order valence-electron chi connectivity index (χ4n) is 4.48. The van der Waals surface area contributed by atoms with Gasteiger partial charge in [0, 0.05) is 25.0 Å². The van der Waals surface area contributed by atoms with Crippen LogP contribution >= 0.6 is 0 Å². The molecule has 0 saturated carbocycles. The van der Waals surface area contributed by atoms with E-state index in [-0.39, 0.29) is 29.4 Å². The van der Waals surface area contributed by atoms with Crippen molar-refractivity contribution in [2.75, 3.05) is 19.7 Å². The molecule has 1 unspecified atom stereocenters. The summed E-state index contributed by atoms with van der Waals surface area (Å²) in [5, 5.41) is 13.0. The largest absolute Gasteiger partial charge is 0.447 e. The van der Waals surface area contributed by atoms with E-state index < -0.39 is 32.6 Å². The molecule has 36 heavy (non-hydrogen) atoms. The van der Waals surface area contributed by atoms with Gasteiger partial charge in [0.25, 0.3) is 11.8 Å². The van der Waals surface area contributed by atoms with E-state index in [4.69, 9.17) is 17.3 Å². The smallest absolute Gasteiger partial charge is 0.407 e. The van der Waals surface area contributed by atoms with E-state index in [0.717, 1.165) is 6.42 Å². The highest BCUT2D eigenvalue weighted by molar-refractivity contribution is 6.72. The second-order valence-electron chi connectivity index (χ2n) is 10.8. The first-order valence-electron chi connectivity index (χ1n) is 12.5. The number of aliphatic hydroxyl groups excluding tert-OH is 1. The molecule has 0 bridgehead atoms. The van der Waals surface area contributed by atoms with Crippen LogP contribution in [0.4, 0.5) is 4.79 Å². The summed E-state index contributed by atoms with van der Waals surface area (Å²) < 4.78 is 10.9. The number of rotatable bonds is 11. The van der Waals surface area contributed by atoms with Gasteiger partial charge in [-0.05, 0) is 55.9 Å². The second-order valence-corrected chi connectivity index (χ2v) is 15.3. The van der Waals surface area contributed by atoms with Crippen molar-refractivity contribution in [1.82, 2.24) is 10.2 Å². The molecule has 1 aromatic carbocycles. The first-order valence-corrected chi connectivity index (χ1v) is 15.5. The van der Waals surface area contributed by atoms with Crippen molar-refractivity contribution < 1.29 is 33.8 Å². The summed E-state index contributed by atoms with van der Waals surface area (Å²) in [6, 6.07) is 6.10. The molecule has 1 saturated heterocycles. The molecule has 11 heteroatoms. The first kappa shape index (κ1) is 28.4. The van der Waals surface area contributed by atoms with Crippen LogP contribution < -0.4 is 5.32 Å². The molecular formula is C25H37BN2O7Si. The van der Waals surface area contributed by atoms with Crippen molar-refractivity contribution in [2.45, 2.75) is 75.9 Å². The van der Waals surface area contributed by atoms with E-state index in [1.165, 1.54) is 4.90 Å². The fourth-order valence-corrected chi connectivity index (χ4v) is 5.22. The third-order valence-corrected chi connectivity index (χ3v) is 11.1. The van der Waals surface area contributed by atoms with Gasteiger partial charge < -0.3 is 24.7 Å². The SMILES string of the molecule is [B][C@@H]1O[C@H](COC(=O)NCCCCCN2C(=O)c3ccccc3C2=O)C(O)[C@@H]1CC(C)(C)[Si](C)(C)O. The maximum Gasteiger partial charge on any atom is 0.407 e. The lowest BCUT2D eigenvalue weighted by Crippen LogP contribution is -2.43. The molecular weight excluding hydrogens is 479 g/mol. The molecule has 0 aromatic heterocycles. The van der Waals surface area contributed by atoms with Crippen LogP contribution in [-0.4, -0.2) is 86.8 Å². The van der Waals surface area contributed by atoms with E-state index >= 15 is 0 Å². The van der Waals surface area contributed by atoms with Crippen molar-refractivity contribution >= 4 is 34.1 Å². The molecule has 196 valence electrons. The standard InChI is InChI=1S/C25H37BN2O7Si/c1-25(2,36(3,4)33)14-18-20(29)19(35-21(18)26)15-34-24(32)27-12-8-5-9-13-28-22(30)16-10-6-7-11-17(16)23(28)31/h6-7,10-11,18-21,29,33H,5,8-9,12-15H2,1-4H3,(H,27,32)/t18-,19+,20?,21+/m0/s1. The third-order valence-electron chi connectivity index (χ3n) is 7.56. The van der Waals surface area contributed by atoms with Crippen LogP contribution in [0, 0.1) is 5.92 Å². The Hall–Kier alpha value is -2.21. The highest BCUT2D eigenvalue weighted by atomic mass is 28.4. The summed E-state index contributed by atoms with van der Waals surface area (Å²) in [5.41, 5.74) is 0.886. The predicted molar refractivity (Wildman–Crippen MR) is 137 cm³/mol. The molecule has 1 aromatic rings. The quantitative estimate of drug-likeness (QED) is 0.234. The second kappa shape index (κ2) is 11.5. The van der Waals surface area contributed by atoms with Crippen molar-refractivity contribution in [3.05, 3.63) is 35.4 Å². The number of aliphatic hydroxyl groups is 1. The Balaban J connectivity index is 1.31. The average Bonchev–Trinajstić information content (AvgIpc) is 3.21. The van der Waals surface area contributed by atoms with Crippen LogP contribution in [0.5, 0.6) is 0 Å². The number of fused-ring (bicyclic) bond motifs is 1. The van der Waals surface area contributed by atoms with Gasteiger partial charge in [-0.3, -0.25) is 14.5 Å². The number of hydrogen-bond donors (Lipinski definition) is 3. The van der Waals surface area contributed by atoms with Gasteiger partial charge >= 0.3 is 6.09 Å². The minimum Gasteiger partial charge on any atom is -0.447 e. The Morgan fingerprint density at radius 3 is 2.36 bits per heavy atom. The molecule has 9 nitrogen and oxygen atoms in total. The van der Waals surface area contributed by atoms with E-state index in [1.807, 2.05) is 26.9 Å². The number of carbonyl (C=O) groups is 3. The van der Waals surface area contributed by atoms with E-state index in [9.17, 15) is 24.3 Å². The molecule has 4 atom stereocenters. The fraction of sp³-hybridized carbons (Fsp3) is 0.640. The van der Waals surface area contributed by atoms with Crippen molar-refractivity contribution in [3.63, 3.8) is 0 Å². The van der Waals surface area contributed by atoms with Crippen LogP contribution in [0.3, 0.4) is 0 Å². The van der Waals surface area contributed by atoms with Gasteiger partial charge in [-0.25, -0.2) is 4.79 Å². The molecule has 2 aliphatic rings. The maximum atomic E-state index is 12.4. The number of nitrogens with one attached hydrogen (secondary N) is 1. The number of ether oxygens (including phenoxy) is 2. The topological polar surface area (TPSA) is 125 Å². The molecule has 3 rings (SSSR count). The number of hydrogen-bond acceptors (Lipinski definition) is 7. The van der Waals surface area contributed by atoms with Crippen molar-refractivity contribution in [2.24, 2.45) is 5.92 Å². The number of amides is 3. The van der Waals surface area contributed by atoms with Gasteiger partial charge in [0.2, 0.25) is 0 Å². The monoisotopic (exact) mass is 516 g/mol. The van der Waals surface area contributed by atoms with E-state index in [0.29, 0.717) is 43.5 Å². The lowest BCUT2D eigenvalue weighted by atomic mass is 9.79.